The molecule has 2 aromatic heterocycles. The Bertz CT molecular complexity index is 628. The minimum Gasteiger partial charge on any atom is -0.349 e. The summed E-state index contributed by atoms with van der Waals surface area (Å²) in [6, 6.07) is 6.12. The summed E-state index contributed by atoms with van der Waals surface area (Å²) in [6.07, 6.45) is 1.98. The molecule has 0 bridgehead atoms. The topological polar surface area (TPSA) is 54.0 Å². The molecule has 0 aromatic carbocycles. The molecule has 2 aromatic rings. The van der Waals surface area contributed by atoms with Crippen molar-refractivity contribution in [3.05, 3.63) is 40.2 Å². The Morgan fingerprint density at radius 2 is 2.00 bits per heavy atom. The Morgan fingerprint density at radius 1 is 1.26 bits per heavy atom. The molecule has 7 heteroatoms. The largest absolute Gasteiger partial charge is 0.349 e. The van der Waals surface area contributed by atoms with Gasteiger partial charge in [0, 0.05) is 17.0 Å². The van der Waals surface area contributed by atoms with Crippen molar-refractivity contribution >= 4 is 42.1 Å². The summed E-state index contributed by atoms with van der Waals surface area (Å²) in [7, 11) is 0. The highest BCUT2D eigenvalue weighted by molar-refractivity contribution is 7.08. The number of halogens is 2. The molecule has 0 aliphatic carbocycles. The van der Waals surface area contributed by atoms with Crippen LogP contribution in [0.4, 0.5) is 0 Å². The highest BCUT2D eigenvalue weighted by Gasteiger charge is 2.18. The van der Waals surface area contributed by atoms with E-state index in [-0.39, 0.29) is 36.8 Å². The predicted octanol–water partition coefficient (Wildman–Crippen LogP) is 3.44. The van der Waals surface area contributed by atoms with Crippen molar-refractivity contribution in [3.63, 3.8) is 0 Å². The van der Waals surface area contributed by atoms with Gasteiger partial charge in [-0.05, 0) is 56.4 Å². The van der Waals surface area contributed by atoms with E-state index in [1.54, 1.807) is 11.3 Å². The lowest BCUT2D eigenvalue weighted by Crippen LogP contribution is -2.42. The minimum absolute atomic E-state index is 0. The molecule has 0 spiro atoms. The van der Waals surface area contributed by atoms with Gasteiger partial charge >= 0.3 is 0 Å². The average Bonchev–Trinajstić information content (AvgIpc) is 3.02. The van der Waals surface area contributed by atoms with Crippen LogP contribution < -0.4 is 10.6 Å². The number of amides is 1. The van der Waals surface area contributed by atoms with E-state index in [1.807, 2.05) is 30.5 Å². The van der Waals surface area contributed by atoms with E-state index < -0.39 is 0 Å². The van der Waals surface area contributed by atoms with Crippen molar-refractivity contribution in [1.82, 2.24) is 15.6 Å². The van der Waals surface area contributed by atoms with E-state index in [1.165, 1.54) is 0 Å². The molecule has 1 saturated heterocycles. The number of piperidine rings is 1. The third kappa shape index (κ3) is 4.91. The zero-order chi connectivity index (χ0) is 14.7. The normalized spacial score (nSPS) is 14.5. The molecular weight excluding hydrogens is 353 g/mol. The Balaban J connectivity index is 0.00000132. The van der Waals surface area contributed by atoms with Gasteiger partial charge in [-0.25, -0.2) is 0 Å². The fourth-order valence-electron chi connectivity index (χ4n) is 2.60. The molecule has 0 saturated carbocycles. The second-order valence-electron chi connectivity index (χ2n) is 5.34. The van der Waals surface area contributed by atoms with Gasteiger partial charge in [0.1, 0.15) is 0 Å². The maximum atomic E-state index is 12.4. The molecule has 3 rings (SSSR count). The van der Waals surface area contributed by atoms with Crippen LogP contribution in [-0.2, 0) is 0 Å². The van der Waals surface area contributed by atoms with Gasteiger partial charge in [-0.2, -0.15) is 11.3 Å². The Hall–Kier alpha value is -1.14. The number of nitrogens with zero attached hydrogens (tertiary/aromatic N) is 1. The van der Waals surface area contributed by atoms with Crippen LogP contribution in [0, 0.1) is 6.92 Å². The van der Waals surface area contributed by atoms with Gasteiger partial charge in [-0.3, -0.25) is 9.78 Å². The summed E-state index contributed by atoms with van der Waals surface area (Å²) in [5.41, 5.74) is 3.48. The van der Waals surface area contributed by atoms with E-state index in [0.29, 0.717) is 5.56 Å². The van der Waals surface area contributed by atoms with Crippen LogP contribution in [0.5, 0.6) is 0 Å². The zero-order valence-electron chi connectivity index (χ0n) is 12.9. The van der Waals surface area contributed by atoms with E-state index in [2.05, 4.69) is 21.0 Å². The number of hydrogen-bond acceptors (Lipinski definition) is 4. The zero-order valence-corrected chi connectivity index (χ0v) is 15.3. The van der Waals surface area contributed by atoms with Crippen LogP contribution in [-0.4, -0.2) is 30.0 Å². The van der Waals surface area contributed by atoms with E-state index in [0.717, 1.165) is 42.9 Å². The summed E-state index contributed by atoms with van der Waals surface area (Å²) in [5, 5.41) is 10.5. The Morgan fingerprint density at radius 3 is 2.61 bits per heavy atom. The fraction of sp³-hybridized carbons (Fsp3) is 0.375. The molecule has 2 N–H and O–H groups in total. The third-order valence-corrected chi connectivity index (χ3v) is 4.50. The first-order valence-electron chi connectivity index (χ1n) is 7.26. The number of carbonyl (C=O) groups is 1. The van der Waals surface area contributed by atoms with Crippen LogP contribution in [0.25, 0.3) is 11.3 Å². The molecule has 3 heterocycles. The van der Waals surface area contributed by atoms with Gasteiger partial charge in [-0.1, -0.05) is 0 Å². The summed E-state index contributed by atoms with van der Waals surface area (Å²) >= 11 is 1.65. The van der Waals surface area contributed by atoms with Gasteiger partial charge in [0.05, 0.1) is 17.0 Å². The molecule has 1 aliphatic heterocycles. The van der Waals surface area contributed by atoms with Crippen LogP contribution in [0.3, 0.4) is 0 Å². The molecule has 4 nitrogen and oxygen atoms in total. The van der Waals surface area contributed by atoms with Crippen LogP contribution >= 0.6 is 36.2 Å². The summed E-state index contributed by atoms with van der Waals surface area (Å²) < 4.78 is 0. The molecule has 1 amide bonds. The lowest BCUT2D eigenvalue weighted by atomic mass is 10.1. The molecular formula is C16H21Cl2N3OS. The van der Waals surface area contributed by atoms with Gasteiger partial charge in [0.15, 0.2) is 0 Å². The Kier molecular flexibility index (Phi) is 7.99. The first-order valence-corrected chi connectivity index (χ1v) is 8.20. The van der Waals surface area contributed by atoms with Crippen molar-refractivity contribution in [2.75, 3.05) is 13.1 Å². The first-order chi connectivity index (χ1) is 10.2. The lowest BCUT2D eigenvalue weighted by Gasteiger charge is -2.23. The standard InChI is InChI=1S/C16H19N3OS.2ClH/c1-11-14(16(20)19-13-4-7-17-8-5-13)2-3-15(18-11)12-6-9-21-10-12;;/h2-3,6,9-10,13,17H,4-5,7-8H2,1H3,(H,19,20);2*1H. The SMILES string of the molecule is Cc1nc(-c2ccsc2)ccc1C(=O)NC1CCNCC1.Cl.Cl. The monoisotopic (exact) mass is 373 g/mol. The number of hydrogen-bond donors (Lipinski definition) is 2. The van der Waals surface area contributed by atoms with Gasteiger partial charge in [0.25, 0.3) is 5.91 Å². The second kappa shape index (κ2) is 9.23. The highest BCUT2D eigenvalue weighted by atomic mass is 35.5. The third-order valence-electron chi connectivity index (χ3n) is 3.82. The number of rotatable bonds is 3. The number of aromatic nitrogens is 1. The van der Waals surface area contributed by atoms with Crippen LogP contribution in [0.1, 0.15) is 28.9 Å². The van der Waals surface area contributed by atoms with E-state index in [4.69, 9.17) is 0 Å². The number of aryl methyl sites for hydroxylation is 1. The Labute approximate surface area is 152 Å². The first kappa shape index (κ1) is 19.9. The van der Waals surface area contributed by atoms with Crippen LogP contribution in [0.15, 0.2) is 29.0 Å². The lowest BCUT2D eigenvalue weighted by molar-refractivity contribution is 0.0928. The quantitative estimate of drug-likeness (QED) is 0.865. The summed E-state index contributed by atoms with van der Waals surface area (Å²) in [4.78, 5) is 16.9. The van der Waals surface area contributed by atoms with Crippen molar-refractivity contribution < 1.29 is 4.79 Å². The van der Waals surface area contributed by atoms with Crippen molar-refractivity contribution in [2.45, 2.75) is 25.8 Å². The highest BCUT2D eigenvalue weighted by Crippen LogP contribution is 2.21. The number of pyridine rings is 1. The second-order valence-corrected chi connectivity index (χ2v) is 6.12. The number of carbonyl (C=O) groups excluding carboxylic acids is 1. The predicted molar refractivity (Wildman–Crippen MR) is 100 cm³/mol. The summed E-state index contributed by atoms with van der Waals surface area (Å²) in [6.45, 7) is 3.84. The van der Waals surface area contributed by atoms with Crippen LogP contribution in [0.2, 0.25) is 0 Å². The maximum Gasteiger partial charge on any atom is 0.253 e. The smallest absolute Gasteiger partial charge is 0.253 e. The van der Waals surface area contributed by atoms with Crippen molar-refractivity contribution in [3.8, 4) is 11.3 Å². The molecule has 1 aliphatic rings. The number of nitrogens with one attached hydrogen (secondary N) is 2. The molecule has 0 unspecified atom stereocenters. The molecule has 126 valence electrons. The minimum atomic E-state index is -0.0104. The molecule has 0 atom stereocenters. The van der Waals surface area contributed by atoms with E-state index in [9.17, 15) is 4.79 Å². The maximum absolute atomic E-state index is 12.4. The van der Waals surface area contributed by atoms with Crippen molar-refractivity contribution in [2.24, 2.45) is 0 Å². The molecule has 23 heavy (non-hydrogen) atoms. The average molecular weight is 374 g/mol. The fourth-order valence-corrected chi connectivity index (χ4v) is 3.25. The van der Waals surface area contributed by atoms with Gasteiger partial charge < -0.3 is 10.6 Å². The van der Waals surface area contributed by atoms with E-state index >= 15 is 0 Å². The molecule has 0 radical (unpaired) electrons. The number of thiophene rings is 1. The van der Waals surface area contributed by atoms with Crippen molar-refractivity contribution in [1.29, 1.82) is 0 Å². The molecule has 1 fully saturated rings. The summed E-state index contributed by atoms with van der Waals surface area (Å²) in [5.74, 6) is -0.0104. The van der Waals surface area contributed by atoms with Gasteiger partial charge in [-0.15, -0.1) is 24.8 Å². The van der Waals surface area contributed by atoms with Gasteiger partial charge in [0.2, 0.25) is 0 Å².